The summed E-state index contributed by atoms with van der Waals surface area (Å²) in [6.45, 7) is 0.864. The first-order valence-electron chi connectivity index (χ1n) is 8.29. The van der Waals surface area contributed by atoms with Crippen molar-refractivity contribution in [2.24, 2.45) is 0 Å². The van der Waals surface area contributed by atoms with E-state index in [2.05, 4.69) is 15.3 Å². The summed E-state index contributed by atoms with van der Waals surface area (Å²) in [6, 6.07) is 9.47. The minimum Gasteiger partial charge on any atom is -0.369 e. The molecule has 1 saturated carbocycles. The van der Waals surface area contributed by atoms with E-state index in [4.69, 9.17) is 0 Å². The van der Waals surface area contributed by atoms with E-state index in [1.54, 1.807) is 12.3 Å². The highest BCUT2D eigenvalue weighted by atomic mass is 32.2. The molecule has 1 aliphatic heterocycles. The zero-order valence-corrected chi connectivity index (χ0v) is 14.2. The second kappa shape index (κ2) is 6.05. The molecule has 7 heteroatoms. The summed E-state index contributed by atoms with van der Waals surface area (Å²) >= 11 is 0. The van der Waals surface area contributed by atoms with E-state index in [0.29, 0.717) is 24.8 Å². The lowest BCUT2D eigenvalue weighted by Crippen LogP contribution is -2.33. The number of sulfonamides is 1. The molecule has 0 atom stereocenters. The minimum absolute atomic E-state index is 0.0457. The monoisotopic (exact) mass is 344 g/mol. The van der Waals surface area contributed by atoms with Gasteiger partial charge in [-0.25, -0.2) is 18.4 Å². The van der Waals surface area contributed by atoms with Gasteiger partial charge < -0.3 is 5.32 Å². The molecule has 2 heterocycles. The fourth-order valence-corrected chi connectivity index (χ4v) is 4.45. The Morgan fingerprint density at radius 1 is 1.21 bits per heavy atom. The summed E-state index contributed by atoms with van der Waals surface area (Å²) in [5, 5.41) is 3.11. The second-order valence-corrected chi connectivity index (χ2v) is 8.28. The molecular weight excluding hydrogens is 324 g/mol. The van der Waals surface area contributed by atoms with Gasteiger partial charge in [0, 0.05) is 25.2 Å². The topological polar surface area (TPSA) is 75.2 Å². The maximum Gasteiger partial charge on any atom is 0.236 e. The quantitative estimate of drug-likeness (QED) is 0.869. The molecule has 0 saturated heterocycles. The van der Waals surface area contributed by atoms with Crippen molar-refractivity contribution in [1.82, 2.24) is 9.97 Å². The first-order chi connectivity index (χ1) is 11.6. The number of aromatic nitrogens is 2. The van der Waals surface area contributed by atoms with Gasteiger partial charge in [-0.3, -0.25) is 4.31 Å². The van der Waals surface area contributed by atoms with E-state index in [1.807, 2.05) is 24.3 Å². The Labute approximate surface area is 142 Å². The predicted octanol–water partition coefficient (Wildman–Crippen LogP) is 2.16. The van der Waals surface area contributed by atoms with Crippen molar-refractivity contribution in [2.45, 2.75) is 25.2 Å². The van der Waals surface area contributed by atoms with Gasteiger partial charge >= 0.3 is 0 Å². The Morgan fingerprint density at radius 3 is 2.88 bits per heavy atom. The Morgan fingerprint density at radius 2 is 2.04 bits per heavy atom. The minimum atomic E-state index is -3.33. The van der Waals surface area contributed by atoms with Crippen LogP contribution in [-0.2, 0) is 16.4 Å². The van der Waals surface area contributed by atoms with Crippen LogP contribution in [0.15, 0.2) is 36.5 Å². The van der Waals surface area contributed by atoms with E-state index in [-0.39, 0.29) is 5.75 Å². The molecule has 0 bridgehead atoms. The third-order valence-electron chi connectivity index (χ3n) is 4.46. The van der Waals surface area contributed by atoms with Gasteiger partial charge in [0.15, 0.2) is 0 Å². The SMILES string of the molecule is O=S(=O)(CCNc1ccnc(C2CC2)n1)N1CCc2ccccc21. The fraction of sp³-hybridized carbons (Fsp3) is 0.412. The first-order valence-corrected chi connectivity index (χ1v) is 9.89. The van der Waals surface area contributed by atoms with Gasteiger partial charge in [0.2, 0.25) is 10.0 Å². The van der Waals surface area contributed by atoms with Gasteiger partial charge in [0.05, 0.1) is 11.4 Å². The number of para-hydroxylation sites is 1. The molecule has 0 unspecified atom stereocenters. The lowest BCUT2D eigenvalue weighted by atomic mass is 10.2. The lowest BCUT2D eigenvalue weighted by Gasteiger charge is -2.19. The van der Waals surface area contributed by atoms with E-state index in [1.165, 1.54) is 4.31 Å². The molecule has 0 spiro atoms. The van der Waals surface area contributed by atoms with Crippen molar-refractivity contribution in [3.63, 3.8) is 0 Å². The van der Waals surface area contributed by atoms with Gasteiger partial charge in [-0.2, -0.15) is 0 Å². The Balaban J connectivity index is 1.39. The Kier molecular flexibility index (Phi) is 3.88. The molecule has 1 fully saturated rings. The van der Waals surface area contributed by atoms with Crippen molar-refractivity contribution in [3.05, 3.63) is 47.9 Å². The highest BCUT2D eigenvalue weighted by Crippen LogP contribution is 2.38. The number of nitrogens with zero attached hydrogens (tertiary/aromatic N) is 3. The maximum absolute atomic E-state index is 12.6. The fourth-order valence-electron chi connectivity index (χ4n) is 3.03. The standard InChI is InChI=1S/C17H20N4O2S/c22-24(23,21-11-8-13-3-1-2-4-15(13)21)12-10-18-16-7-9-19-17(20-16)14-5-6-14/h1-4,7,9,14H,5-6,8,10-12H2,(H,18,19,20). The van der Waals surface area contributed by atoms with Crippen LogP contribution in [0.1, 0.15) is 30.1 Å². The molecule has 1 N–H and O–H groups in total. The Hall–Kier alpha value is -2.15. The predicted molar refractivity (Wildman–Crippen MR) is 93.8 cm³/mol. The van der Waals surface area contributed by atoms with Crippen LogP contribution in [0.25, 0.3) is 0 Å². The molecule has 2 aliphatic rings. The normalized spacial score (nSPS) is 16.9. The summed E-state index contributed by atoms with van der Waals surface area (Å²) < 4.78 is 26.8. The third kappa shape index (κ3) is 3.08. The zero-order chi connectivity index (χ0) is 16.6. The van der Waals surface area contributed by atoms with Crippen molar-refractivity contribution in [1.29, 1.82) is 0 Å². The first kappa shape index (κ1) is 15.4. The number of fused-ring (bicyclic) bond motifs is 1. The second-order valence-electron chi connectivity index (χ2n) is 6.27. The summed E-state index contributed by atoms with van der Waals surface area (Å²) in [5.41, 5.74) is 1.91. The molecule has 6 nitrogen and oxygen atoms in total. The van der Waals surface area contributed by atoms with Crippen LogP contribution in [0.3, 0.4) is 0 Å². The van der Waals surface area contributed by atoms with Crippen LogP contribution in [-0.4, -0.2) is 37.2 Å². The van der Waals surface area contributed by atoms with Crippen LogP contribution < -0.4 is 9.62 Å². The Bertz CT molecular complexity index is 849. The highest BCUT2D eigenvalue weighted by Gasteiger charge is 2.29. The molecule has 126 valence electrons. The summed E-state index contributed by atoms with van der Waals surface area (Å²) in [6.07, 6.45) is 4.80. The molecule has 1 aliphatic carbocycles. The molecule has 2 aromatic rings. The van der Waals surface area contributed by atoms with Crippen molar-refractivity contribution >= 4 is 21.5 Å². The smallest absolute Gasteiger partial charge is 0.236 e. The van der Waals surface area contributed by atoms with Crippen LogP contribution in [0, 0.1) is 0 Å². The number of benzene rings is 1. The van der Waals surface area contributed by atoms with E-state index in [0.717, 1.165) is 36.3 Å². The van der Waals surface area contributed by atoms with Gasteiger partial charge in [-0.05, 0) is 37.0 Å². The van der Waals surface area contributed by atoms with Crippen molar-refractivity contribution in [2.75, 3.05) is 28.5 Å². The molecular formula is C17H20N4O2S. The van der Waals surface area contributed by atoms with Crippen LogP contribution in [0.5, 0.6) is 0 Å². The molecule has 24 heavy (non-hydrogen) atoms. The molecule has 1 aromatic carbocycles. The number of nitrogens with one attached hydrogen (secondary N) is 1. The van der Waals surface area contributed by atoms with Crippen molar-refractivity contribution < 1.29 is 8.42 Å². The van der Waals surface area contributed by atoms with Gasteiger partial charge in [-0.15, -0.1) is 0 Å². The van der Waals surface area contributed by atoms with Crippen molar-refractivity contribution in [3.8, 4) is 0 Å². The summed E-state index contributed by atoms with van der Waals surface area (Å²) in [4.78, 5) is 8.73. The largest absolute Gasteiger partial charge is 0.369 e. The molecule has 0 radical (unpaired) electrons. The average Bonchev–Trinajstić information content (AvgIpc) is 3.33. The van der Waals surface area contributed by atoms with Gasteiger partial charge in [0.1, 0.15) is 11.6 Å². The third-order valence-corrected chi connectivity index (χ3v) is 6.23. The molecule has 0 amide bonds. The highest BCUT2D eigenvalue weighted by molar-refractivity contribution is 7.92. The molecule has 4 rings (SSSR count). The van der Waals surface area contributed by atoms with Gasteiger partial charge in [-0.1, -0.05) is 18.2 Å². The number of rotatable bonds is 6. The number of hydrogen-bond acceptors (Lipinski definition) is 5. The number of anilines is 2. The van der Waals surface area contributed by atoms with E-state index < -0.39 is 10.0 Å². The summed E-state index contributed by atoms with van der Waals surface area (Å²) in [5.74, 6) is 2.08. The average molecular weight is 344 g/mol. The summed E-state index contributed by atoms with van der Waals surface area (Å²) in [7, 11) is -3.33. The van der Waals surface area contributed by atoms with Crippen LogP contribution in [0.4, 0.5) is 11.5 Å². The van der Waals surface area contributed by atoms with E-state index in [9.17, 15) is 8.42 Å². The zero-order valence-electron chi connectivity index (χ0n) is 13.4. The van der Waals surface area contributed by atoms with E-state index >= 15 is 0 Å². The van der Waals surface area contributed by atoms with Crippen LogP contribution >= 0.6 is 0 Å². The maximum atomic E-state index is 12.6. The molecule has 1 aromatic heterocycles. The number of hydrogen-bond donors (Lipinski definition) is 1. The lowest BCUT2D eigenvalue weighted by molar-refractivity contribution is 0.592. The van der Waals surface area contributed by atoms with Crippen LogP contribution in [0.2, 0.25) is 0 Å². The van der Waals surface area contributed by atoms with Gasteiger partial charge in [0.25, 0.3) is 0 Å².